The zero-order valence-corrected chi connectivity index (χ0v) is 10.7. The molecule has 0 heterocycles. The summed E-state index contributed by atoms with van der Waals surface area (Å²) in [6.45, 7) is 2.46. The second kappa shape index (κ2) is 5.78. The minimum Gasteiger partial charge on any atom is -0.330 e. The lowest BCUT2D eigenvalue weighted by Crippen LogP contribution is -2.24. The van der Waals surface area contributed by atoms with Gasteiger partial charge in [0, 0.05) is 18.9 Å². The van der Waals surface area contributed by atoms with Crippen LogP contribution in [0.3, 0.4) is 0 Å². The van der Waals surface area contributed by atoms with Crippen LogP contribution in [0.15, 0.2) is 42.5 Å². The quantitative estimate of drug-likeness (QED) is 0.874. The van der Waals surface area contributed by atoms with Crippen LogP contribution >= 0.6 is 0 Å². The Morgan fingerprint density at radius 3 is 2.61 bits per heavy atom. The number of hydrogen-bond donors (Lipinski definition) is 1. The predicted molar refractivity (Wildman–Crippen MR) is 75.5 cm³/mol. The summed E-state index contributed by atoms with van der Waals surface area (Å²) in [6, 6.07) is 14.3. The molecule has 0 radical (unpaired) electrons. The molecule has 0 aliphatic rings. The monoisotopic (exact) mass is 241 g/mol. The highest BCUT2D eigenvalue weighted by Gasteiger charge is 2.15. The van der Waals surface area contributed by atoms with Crippen LogP contribution in [0.1, 0.15) is 18.9 Å². The highest BCUT2D eigenvalue weighted by atomic mass is 16.1. The van der Waals surface area contributed by atoms with E-state index >= 15 is 0 Å². The van der Waals surface area contributed by atoms with E-state index in [1.54, 1.807) is 0 Å². The molecule has 2 nitrogen and oxygen atoms in total. The molecule has 2 aromatic rings. The SMILES string of the molecule is CCC(CN)C(=O)Cc1cccc2ccccc12. The van der Waals surface area contributed by atoms with Crippen molar-refractivity contribution in [3.05, 3.63) is 48.0 Å². The fourth-order valence-electron chi connectivity index (χ4n) is 2.30. The highest BCUT2D eigenvalue weighted by molar-refractivity contribution is 5.91. The summed E-state index contributed by atoms with van der Waals surface area (Å²) in [5, 5.41) is 2.35. The molecule has 0 saturated carbocycles. The number of carbonyl (C=O) groups excluding carboxylic acids is 1. The van der Waals surface area contributed by atoms with Gasteiger partial charge in [-0.2, -0.15) is 0 Å². The van der Waals surface area contributed by atoms with Crippen LogP contribution in [0.5, 0.6) is 0 Å². The zero-order valence-electron chi connectivity index (χ0n) is 10.7. The highest BCUT2D eigenvalue weighted by Crippen LogP contribution is 2.20. The van der Waals surface area contributed by atoms with Crippen molar-refractivity contribution in [2.45, 2.75) is 19.8 Å². The Morgan fingerprint density at radius 2 is 1.89 bits per heavy atom. The molecule has 0 spiro atoms. The number of nitrogens with two attached hydrogens (primary N) is 1. The van der Waals surface area contributed by atoms with Gasteiger partial charge in [-0.05, 0) is 22.8 Å². The molecule has 0 bridgehead atoms. The molecule has 2 rings (SSSR count). The number of benzene rings is 2. The molecular formula is C16H19NO. The summed E-state index contributed by atoms with van der Waals surface area (Å²) in [5.41, 5.74) is 6.73. The maximum absolute atomic E-state index is 12.1. The molecule has 0 fully saturated rings. The van der Waals surface area contributed by atoms with Crippen molar-refractivity contribution in [2.24, 2.45) is 11.7 Å². The van der Waals surface area contributed by atoms with Gasteiger partial charge < -0.3 is 5.73 Å². The maximum Gasteiger partial charge on any atom is 0.141 e. The van der Waals surface area contributed by atoms with Gasteiger partial charge in [0.1, 0.15) is 5.78 Å². The Balaban J connectivity index is 2.29. The summed E-state index contributed by atoms with van der Waals surface area (Å²) >= 11 is 0. The summed E-state index contributed by atoms with van der Waals surface area (Å²) in [4.78, 5) is 12.1. The number of hydrogen-bond acceptors (Lipinski definition) is 2. The Hall–Kier alpha value is -1.67. The third-order valence-electron chi connectivity index (χ3n) is 3.48. The number of fused-ring (bicyclic) bond motifs is 1. The first-order valence-corrected chi connectivity index (χ1v) is 6.45. The second-order valence-corrected chi connectivity index (χ2v) is 4.62. The smallest absolute Gasteiger partial charge is 0.141 e. The minimum absolute atomic E-state index is 0.0102. The zero-order chi connectivity index (χ0) is 13.0. The van der Waals surface area contributed by atoms with Crippen molar-refractivity contribution < 1.29 is 4.79 Å². The molecule has 1 atom stereocenters. The molecule has 94 valence electrons. The van der Waals surface area contributed by atoms with E-state index in [4.69, 9.17) is 5.73 Å². The molecule has 2 heteroatoms. The molecular weight excluding hydrogens is 222 g/mol. The summed E-state index contributed by atoms with van der Waals surface area (Å²) < 4.78 is 0. The van der Waals surface area contributed by atoms with E-state index in [1.165, 1.54) is 10.8 Å². The fraction of sp³-hybridized carbons (Fsp3) is 0.312. The summed E-state index contributed by atoms with van der Waals surface area (Å²) in [7, 11) is 0. The standard InChI is InChI=1S/C16H19NO/c1-2-12(11-17)16(18)10-14-8-5-7-13-6-3-4-9-15(13)14/h3-9,12H,2,10-11,17H2,1H3. The van der Waals surface area contributed by atoms with Gasteiger partial charge in [0.25, 0.3) is 0 Å². The van der Waals surface area contributed by atoms with Gasteiger partial charge in [0.15, 0.2) is 0 Å². The predicted octanol–water partition coefficient (Wildman–Crippen LogP) is 2.94. The van der Waals surface area contributed by atoms with Gasteiger partial charge in [-0.25, -0.2) is 0 Å². The Bertz CT molecular complexity index is 538. The average molecular weight is 241 g/mol. The lowest BCUT2D eigenvalue weighted by atomic mass is 9.93. The molecule has 2 N–H and O–H groups in total. The van der Waals surface area contributed by atoms with Gasteiger partial charge >= 0.3 is 0 Å². The second-order valence-electron chi connectivity index (χ2n) is 4.62. The van der Waals surface area contributed by atoms with Crippen molar-refractivity contribution in [3.63, 3.8) is 0 Å². The van der Waals surface area contributed by atoms with Gasteiger partial charge in [-0.1, -0.05) is 49.4 Å². The summed E-state index contributed by atoms with van der Waals surface area (Å²) in [6.07, 6.45) is 1.30. The summed E-state index contributed by atoms with van der Waals surface area (Å²) in [5.74, 6) is 0.236. The molecule has 1 unspecified atom stereocenters. The first-order chi connectivity index (χ1) is 8.76. The molecule has 0 aliphatic heterocycles. The van der Waals surface area contributed by atoms with E-state index in [0.717, 1.165) is 12.0 Å². The van der Waals surface area contributed by atoms with Crippen LogP contribution in [-0.4, -0.2) is 12.3 Å². The molecule has 2 aromatic carbocycles. The van der Waals surface area contributed by atoms with Crippen molar-refractivity contribution >= 4 is 16.6 Å². The Kier molecular flexibility index (Phi) is 4.11. The van der Waals surface area contributed by atoms with Crippen molar-refractivity contribution in [3.8, 4) is 0 Å². The van der Waals surface area contributed by atoms with Crippen LogP contribution in [0.2, 0.25) is 0 Å². The molecule has 0 saturated heterocycles. The molecule has 0 aromatic heterocycles. The fourth-order valence-corrected chi connectivity index (χ4v) is 2.30. The van der Waals surface area contributed by atoms with E-state index in [0.29, 0.717) is 13.0 Å². The lowest BCUT2D eigenvalue weighted by Gasteiger charge is -2.12. The lowest BCUT2D eigenvalue weighted by molar-refractivity contribution is -0.122. The van der Waals surface area contributed by atoms with Crippen molar-refractivity contribution in [1.82, 2.24) is 0 Å². The molecule has 0 amide bonds. The normalized spacial score (nSPS) is 12.6. The minimum atomic E-state index is -0.0102. The van der Waals surface area contributed by atoms with Crippen LogP contribution in [0.25, 0.3) is 10.8 Å². The third-order valence-corrected chi connectivity index (χ3v) is 3.48. The average Bonchev–Trinajstić information content (AvgIpc) is 2.40. The Morgan fingerprint density at radius 1 is 1.17 bits per heavy atom. The Labute approximate surface area is 108 Å². The number of carbonyl (C=O) groups is 1. The molecule has 18 heavy (non-hydrogen) atoms. The van der Waals surface area contributed by atoms with Gasteiger partial charge in [-0.3, -0.25) is 4.79 Å². The first-order valence-electron chi connectivity index (χ1n) is 6.45. The topological polar surface area (TPSA) is 43.1 Å². The third kappa shape index (κ3) is 2.59. The van der Waals surface area contributed by atoms with E-state index in [-0.39, 0.29) is 11.7 Å². The van der Waals surface area contributed by atoms with Crippen LogP contribution < -0.4 is 5.73 Å². The van der Waals surface area contributed by atoms with Gasteiger partial charge in [0.05, 0.1) is 0 Å². The van der Waals surface area contributed by atoms with E-state index in [1.807, 2.05) is 31.2 Å². The maximum atomic E-state index is 12.1. The first kappa shape index (κ1) is 12.8. The van der Waals surface area contributed by atoms with Crippen LogP contribution in [0.4, 0.5) is 0 Å². The van der Waals surface area contributed by atoms with Crippen molar-refractivity contribution in [2.75, 3.05) is 6.54 Å². The van der Waals surface area contributed by atoms with Crippen molar-refractivity contribution in [1.29, 1.82) is 0 Å². The van der Waals surface area contributed by atoms with E-state index in [9.17, 15) is 4.79 Å². The van der Waals surface area contributed by atoms with Gasteiger partial charge in [0.2, 0.25) is 0 Å². The van der Waals surface area contributed by atoms with Crippen LogP contribution in [-0.2, 0) is 11.2 Å². The van der Waals surface area contributed by atoms with E-state index < -0.39 is 0 Å². The molecule has 0 aliphatic carbocycles. The van der Waals surface area contributed by atoms with Crippen LogP contribution in [0, 0.1) is 5.92 Å². The number of ketones is 1. The largest absolute Gasteiger partial charge is 0.330 e. The van der Waals surface area contributed by atoms with E-state index in [2.05, 4.69) is 18.2 Å². The number of rotatable bonds is 5. The number of Topliss-reactive ketones (excluding diaryl/α,β-unsaturated/α-hetero) is 1. The van der Waals surface area contributed by atoms with Gasteiger partial charge in [-0.15, -0.1) is 0 Å².